The summed E-state index contributed by atoms with van der Waals surface area (Å²) in [6, 6.07) is 6.14. The van der Waals surface area contributed by atoms with Gasteiger partial charge in [0.1, 0.15) is 5.75 Å². The smallest absolute Gasteiger partial charge is 0.122 e. The summed E-state index contributed by atoms with van der Waals surface area (Å²) >= 11 is 1.94. The minimum atomic E-state index is -0.277. The lowest BCUT2D eigenvalue weighted by Crippen LogP contribution is -2.16. The molecule has 0 heterocycles. The molecule has 1 aromatic carbocycles. The third kappa shape index (κ3) is 4.43. The Morgan fingerprint density at radius 3 is 2.79 bits per heavy atom. The number of ether oxygens (including phenoxy) is 1. The lowest BCUT2D eigenvalue weighted by Gasteiger charge is -2.16. The van der Waals surface area contributed by atoms with Gasteiger partial charge in [-0.15, -0.1) is 0 Å². The van der Waals surface area contributed by atoms with Gasteiger partial charge in [0.2, 0.25) is 0 Å². The van der Waals surface area contributed by atoms with Crippen molar-refractivity contribution in [2.24, 2.45) is 0 Å². The fourth-order valence-corrected chi connectivity index (χ4v) is 3.96. The van der Waals surface area contributed by atoms with E-state index in [1.54, 1.807) is 7.11 Å². The number of benzene rings is 1. The van der Waals surface area contributed by atoms with Crippen molar-refractivity contribution >= 4 is 11.8 Å². The summed E-state index contributed by atoms with van der Waals surface area (Å²) < 4.78 is 5.36. The standard InChI is InChI=1S/C16H24O2S/c1-12-7-8-16(18-2)13(9-12)10-14(17)11-19-15-5-3-4-6-15/h7-9,14-15,17H,3-6,10-11H2,1-2H3. The molecule has 0 aliphatic heterocycles. The average molecular weight is 280 g/mol. The van der Waals surface area contributed by atoms with E-state index in [1.165, 1.54) is 31.2 Å². The number of methoxy groups -OCH3 is 1. The Kier molecular flexibility index (Phi) is 5.59. The van der Waals surface area contributed by atoms with Crippen LogP contribution in [0.4, 0.5) is 0 Å². The lowest BCUT2D eigenvalue weighted by atomic mass is 10.0. The molecule has 106 valence electrons. The summed E-state index contributed by atoms with van der Waals surface area (Å²) in [5.41, 5.74) is 2.33. The molecule has 1 saturated carbocycles. The molecule has 0 spiro atoms. The fraction of sp³-hybridized carbons (Fsp3) is 0.625. The van der Waals surface area contributed by atoms with E-state index in [1.807, 2.05) is 23.9 Å². The fourth-order valence-electron chi connectivity index (χ4n) is 2.68. The second kappa shape index (κ2) is 7.20. The van der Waals surface area contributed by atoms with Crippen molar-refractivity contribution in [3.05, 3.63) is 29.3 Å². The molecular weight excluding hydrogens is 256 g/mol. The van der Waals surface area contributed by atoms with Crippen molar-refractivity contribution in [1.29, 1.82) is 0 Å². The van der Waals surface area contributed by atoms with Gasteiger partial charge in [-0.2, -0.15) is 11.8 Å². The summed E-state index contributed by atoms with van der Waals surface area (Å²) in [4.78, 5) is 0. The summed E-state index contributed by atoms with van der Waals surface area (Å²) in [7, 11) is 1.69. The minimum absolute atomic E-state index is 0.277. The molecule has 1 N–H and O–H groups in total. The Morgan fingerprint density at radius 2 is 2.11 bits per heavy atom. The van der Waals surface area contributed by atoms with E-state index in [0.717, 1.165) is 22.3 Å². The zero-order valence-corrected chi connectivity index (χ0v) is 12.7. The summed E-state index contributed by atoms with van der Waals surface area (Å²) in [5.74, 6) is 1.72. The second-order valence-electron chi connectivity index (χ2n) is 5.41. The molecule has 0 bridgehead atoms. The highest BCUT2D eigenvalue weighted by molar-refractivity contribution is 7.99. The molecule has 2 rings (SSSR count). The molecule has 0 saturated heterocycles. The lowest BCUT2D eigenvalue weighted by molar-refractivity contribution is 0.198. The highest BCUT2D eigenvalue weighted by atomic mass is 32.2. The number of thioether (sulfide) groups is 1. The van der Waals surface area contributed by atoms with Gasteiger partial charge in [0.15, 0.2) is 0 Å². The van der Waals surface area contributed by atoms with Crippen molar-refractivity contribution < 1.29 is 9.84 Å². The van der Waals surface area contributed by atoms with E-state index in [4.69, 9.17) is 4.74 Å². The minimum Gasteiger partial charge on any atom is -0.496 e. The van der Waals surface area contributed by atoms with Crippen LogP contribution in [0.3, 0.4) is 0 Å². The van der Waals surface area contributed by atoms with Crippen LogP contribution in [0.25, 0.3) is 0 Å². The second-order valence-corrected chi connectivity index (χ2v) is 6.75. The first kappa shape index (κ1) is 14.7. The predicted molar refractivity (Wildman–Crippen MR) is 82.2 cm³/mol. The molecule has 0 amide bonds. The molecule has 2 nitrogen and oxygen atoms in total. The molecule has 0 radical (unpaired) electrons. The number of hydrogen-bond acceptors (Lipinski definition) is 3. The maximum absolute atomic E-state index is 10.2. The normalized spacial score (nSPS) is 17.6. The van der Waals surface area contributed by atoms with Crippen LogP contribution in [0.15, 0.2) is 18.2 Å². The predicted octanol–water partition coefficient (Wildman–Crippen LogP) is 3.58. The summed E-state index contributed by atoms with van der Waals surface area (Å²) in [6.07, 6.45) is 5.78. The highest BCUT2D eigenvalue weighted by Gasteiger charge is 2.17. The molecule has 19 heavy (non-hydrogen) atoms. The Morgan fingerprint density at radius 1 is 1.37 bits per heavy atom. The van der Waals surface area contributed by atoms with Gasteiger partial charge in [-0.1, -0.05) is 30.5 Å². The first-order chi connectivity index (χ1) is 9.19. The third-order valence-electron chi connectivity index (χ3n) is 3.72. The number of hydrogen-bond donors (Lipinski definition) is 1. The van der Waals surface area contributed by atoms with E-state index >= 15 is 0 Å². The van der Waals surface area contributed by atoms with Gasteiger partial charge in [-0.25, -0.2) is 0 Å². The van der Waals surface area contributed by atoms with Gasteiger partial charge in [-0.05, 0) is 31.4 Å². The monoisotopic (exact) mass is 280 g/mol. The van der Waals surface area contributed by atoms with E-state index in [9.17, 15) is 5.11 Å². The van der Waals surface area contributed by atoms with E-state index < -0.39 is 0 Å². The molecule has 1 unspecified atom stereocenters. The van der Waals surface area contributed by atoms with Crippen molar-refractivity contribution in [3.8, 4) is 5.75 Å². The molecule has 1 aromatic rings. The van der Waals surface area contributed by atoms with Gasteiger partial charge in [0.05, 0.1) is 13.2 Å². The molecule has 1 fully saturated rings. The quantitative estimate of drug-likeness (QED) is 0.863. The Hall–Kier alpha value is -0.670. The highest BCUT2D eigenvalue weighted by Crippen LogP contribution is 2.30. The van der Waals surface area contributed by atoms with E-state index in [0.29, 0.717) is 6.42 Å². The van der Waals surface area contributed by atoms with Gasteiger partial charge in [0, 0.05) is 17.4 Å². The maximum atomic E-state index is 10.2. The molecule has 1 aliphatic rings. The van der Waals surface area contributed by atoms with Crippen LogP contribution in [0.2, 0.25) is 0 Å². The Bertz CT molecular complexity index is 400. The van der Waals surface area contributed by atoms with Crippen LogP contribution in [0.1, 0.15) is 36.8 Å². The van der Waals surface area contributed by atoms with Crippen LogP contribution in [-0.2, 0) is 6.42 Å². The van der Waals surface area contributed by atoms with E-state index in [-0.39, 0.29) is 6.10 Å². The van der Waals surface area contributed by atoms with Crippen LogP contribution >= 0.6 is 11.8 Å². The molecule has 0 aromatic heterocycles. The van der Waals surface area contributed by atoms with Crippen molar-refractivity contribution in [2.45, 2.75) is 50.4 Å². The Balaban J connectivity index is 1.86. The van der Waals surface area contributed by atoms with Crippen LogP contribution in [0, 0.1) is 6.92 Å². The zero-order chi connectivity index (χ0) is 13.7. The molecule has 1 atom stereocenters. The first-order valence-corrected chi connectivity index (χ1v) is 8.17. The van der Waals surface area contributed by atoms with Crippen molar-refractivity contribution in [1.82, 2.24) is 0 Å². The van der Waals surface area contributed by atoms with Crippen molar-refractivity contribution in [3.63, 3.8) is 0 Å². The van der Waals surface area contributed by atoms with Crippen LogP contribution in [-0.4, -0.2) is 29.3 Å². The Labute approximate surface area is 120 Å². The average Bonchev–Trinajstić information content (AvgIpc) is 2.90. The largest absolute Gasteiger partial charge is 0.496 e. The summed E-state index contributed by atoms with van der Waals surface area (Å²) in [6.45, 7) is 2.07. The maximum Gasteiger partial charge on any atom is 0.122 e. The van der Waals surface area contributed by atoms with Crippen LogP contribution in [0.5, 0.6) is 5.75 Å². The zero-order valence-electron chi connectivity index (χ0n) is 11.9. The van der Waals surface area contributed by atoms with Gasteiger partial charge < -0.3 is 9.84 Å². The van der Waals surface area contributed by atoms with E-state index in [2.05, 4.69) is 13.0 Å². The van der Waals surface area contributed by atoms with Gasteiger partial charge in [0.25, 0.3) is 0 Å². The number of aliphatic hydroxyl groups excluding tert-OH is 1. The molecule has 1 aliphatic carbocycles. The van der Waals surface area contributed by atoms with Crippen LogP contribution < -0.4 is 4.74 Å². The molecule has 3 heteroatoms. The summed E-state index contributed by atoms with van der Waals surface area (Å²) in [5, 5.41) is 11.0. The van der Waals surface area contributed by atoms with Gasteiger partial charge in [-0.3, -0.25) is 0 Å². The van der Waals surface area contributed by atoms with Gasteiger partial charge >= 0.3 is 0 Å². The third-order valence-corrected chi connectivity index (χ3v) is 5.24. The van der Waals surface area contributed by atoms with Crippen molar-refractivity contribution in [2.75, 3.05) is 12.9 Å². The number of aryl methyl sites for hydroxylation is 1. The first-order valence-electron chi connectivity index (χ1n) is 7.12. The number of rotatable bonds is 6. The number of aliphatic hydroxyl groups is 1. The molecular formula is C16H24O2S. The topological polar surface area (TPSA) is 29.5 Å². The SMILES string of the molecule is COc1ccc(C)cc1CC(O)CSC1CCCC1.